The molecule has 3 aliphatic rings. The predicted octanol–water partition coefficient (Wildman–Crippen LogP) is 1.43. The third kappa shape index (κ3) is 2.56. The minimum absolute atomic E-state index is 0.0733. The third-order valence-electron chi connectivity index (χ3n) is 6.73. The van der Waals surface area contributed by atoms with Gasteiger partial charge in [-0.2, -0.15) is 9.57 Å². The first-order chi connectivity index (χ1) is 15.8. The molecule has 0 N–H and O–H groups in total. The minimum Gasteiger partial charge on any atom is -0.339 e. The van der Waals surface area contributed by atoms with E-state index in [9.17, 15) is 23.3 Å². The molecular formula is C22H18N6O4S. The van der Waals surface area contributed by atoms with E-state index in [-0.39, 0.29) is 17.6 Å². The number of amides is 3. The van der Waals surface area contributed by atoms with Gasteiger partial charge in [0, 0.05) is 36.6 Å². The lowest BCUT2D eigenvalue weighted by molar-refractivity contribution is -0.120. The zero-order valence-corrected chi connectivity index (χ0v) is 18.3. The van der Waals surface area contributed by atoms with Gasteiger partial charge in [0.25, 0.3) is 15.9 Å². The molecule has 10 nitrogen and oxygen atoms in total. The van der Waals surface area contributed by atoms with Crippen LogP contribution in [0.15, 0.2) is 53.9 Å². The van der Waals surface area contributed by atoms with Crippen molar-refractivity contribution < 1.29 is 18.0 Å². The van der Waals surface area contributed by atoms with Gasteiger partial charge in [-0.1, -0.05) is 24.3 Å². The Balaban J connectivity index is 1.40. The Morgan fingerprint density at radius 1 is 1.12 bits per heavy atom. The smallest absolute Gasteiger partial charge is 0.332 e. The number of aromatic nitrogens is 2. The number of hydrogen-bond donors (Lipinski definition) is 0. The number of rotatable bonds is 3. The highest BCUT2D eigenvalue weighted by molar-refractivity contribution is 7.89. The molecule has 0 spiro atoms. The summed E-state index contributed by atoms with van der Waals surface area (Å²) in [5, 5.41) is 10.6. The van der Waals surface area contributed by atoms with Crippen LogP contribution < -0.4 is 4.90 Å². The fraction of sp³-hybridized carbons (Fsp3) is 0.273. The zero-order valence-electron chi connectivity index (χ0n) is 17.5. The zero-order chi connectivity index (χ0) is 23.1. The van der Waals surface area contributed by atoms with E-state index in [0.29, 0.717) is 28.4 Å². The molecule has 0 saturated carbocycles. The van der Waals surface area contributed by atoms with E-state index in [2.05, 4.69) is 11.1 Å². The van der Waals surface area contributed by atoms with Crippen LogP contribution >= 0.6 is 0 Å². The van der Waals surface area contributed by atoms with Gasteiger partial charge in [-0.25, -0.2) is 23.1 Å². The average Bonchev–Trinajstić information content (AvgIpc) is 3.57. The highest BCUT2D eigenvalue weighted by Gasteiger charge is 2.64. The number of fused-ring (bicyclic) bond motifs is 6. The second-order valence-corrected chi connectivity index (χ2v) is 10.3. The van der Waals surface area contributed by atoms with E-state index in [1.165, 1.54) is 21.7 Å². The molecule has 3 aromatic rings. The molecule has 0 radical (unpaired) electrons. The van der Waals surface area contributed by atoms with Crippen molar-refractivity contribution in [3.8, 4) is 6.07 Å². The molecule has 33 heavy (non-hydrogen) atoms. The van der Waals surface area contributed by atoms with Crippen molar-refractivity contribution >= 4 is 38.4 Å². The van der Waals surface area contributed by atoms with Crippen molar-refractivity contribution in [1.29, 1.82) is 5.26 Å². The highest BCUT2D eigenvalue weighted by Crippen LogP contribution is 2.45. The van der Waals surface area contributed by atoms with E-state index in [4.69, 9.17) is 0 Å². The van der Waals surface area contributed by atoms with Crippen molar-refractivity contribution in [2.75, 3.05) is 11.4 Å². The number of hydrogen-bond acceptors (Lipinski definition) is 6. The van der Waals surface area contributed by atoms with Crippen LogP contribution in [0.4, 0.5) is 10.5 Å². The molecule has 11 heteroatoms. The number of nitrogens with zero attached hydrogens (tertiary/aromatic N) is 6. The van der Waals surface area contributed by atoms with Crippen LogP contribution in [0, 0.1) is 11.3 Å². The lowest BCUT2D eigenvalue weighted by Gasteiger charge is -2.33. The number of imide groups is 1. The number of anilines is 1. The molecule has 2 aromatic carbocycles. The van der Waals surface area contributed by atoms with Gasteiger partial charge in [0.2, 0.25) is 0 Å². The van der Waals surface area contributed by atoms with Gasteiger partial charge in [0.05, 0.1) is 29.7 Å². The van der Waals surface area contributed by atoms with Gasteiger partial charge in [0.1, 0.15) is 6.04 Å². The average molecular weight is 462 g/mol. The molecule has 3 amide bonds. The molecule has 166 valence electrons. The molecule has 4 heterocycles. The van der Waals surface area contributed by atoms with Crippen LogP contribution in [-0.4, -0.2) is 63.8 Å². The molecule has 0 aliphatic carbocycles. The Kier molecular flexibility index (Phi) is 4.00. The van der Waals surface area contributed by atoms with E-state index in [0.717, 1.165) is 4.90 Å². The van der Waals surface area contributed by atoms with Gasteiger partial charge in [-0.3, -0.25) is 4.79 Å². The van der Waals surface area contributed by atoms with Crippen LogP contribution in [0.1, 0.15) is 12.0 Å². The van der Waals surface area contributed by atoms with Crippen LogP contribution in [0.2, 0.25) is 0 Å². The molecule has 3 fully saturated rings. The summed E-state index contributed by atoms with van der Waals surface area (Å²) in [4.78, 5) is 33.6. The summed E-state index contributed by atoms with van der Waals surface area (Å²) in [5.41, 5.74) is 0.842. The standard InChI is InChI=1S/C22H18N6O4S/c1-25-11-19(24-12-25)33(31,32)26-10-14-8-18(26)20-21(29)28(22(30)27(14)20)17-7-6-13(9-23)15-4-2-3-5-16(15)17/h2-7,11-12,14,18,20H,8,10H2,1H3. The summed E-state index contributed by atoms with van der Waals surface area (Å²) in [6.07, 6.45) is 3.25. The summed E-state index contributed by atoms with van der Waals surface area (Å²) < 4.78 is 29.3. The fourth-order valence-electron chi connectivity index (χ4n) is 5.33. The van der Waals surface area contributed by atoms with Crippen molar-refractivity contribution in [1.82, 2.24) is 18.8 Å². The van der Waals surface area contributed by atoms with E-state index < -0.39 is 34.0 Å². The molecule has 2 bridgehead atoms. The van der Waals surface area contributed by atoms with Gasteiger partial charge >= 0.3 is 6.03 Å². The summed E-state index contributed by atoms with van der Waals surface area (Å²) in [7, 11) is -2.21. The number of carbonyl (C=O) groups is 2. The SMILES string of the molecule is Cn1cnc(S(=O)(=O)N2CC3CC2C2C(=O)N(c4ccc(C#N)c5ccccc45)C(=O)N32)c1. The van der Waals surface area contributed by atoms with Gasteiger partial charge in [0.15, 0.2) is 5.03 Å². The lowest BCUT2D eigenvalue weighted by Crippen LogP contribution is -2.54. The molecule has 6 rings (SSSR count). The summed E-state index contributed by atoms with van der Waals surface area (Å²) >= 11 is 0. The number of urea groups is 1. The number of sulfonamides is 1. The molecule has 3 aliphatic heterocycles. The second-order valence-electron chi connectivity index (χ2n) is 8.51. The Morgan fingerprint density at radius 3 is 2.58 bits per heavy atom. The van der Waals surface area contributed by atoms with Gasteiger partial charge in [-0.05, 0) is 18.6 Å². The second kappa shape index (κ2) is 6.63. The van der Waals surface area contributed by atoms with Crippen molar-refractivity contribution in [3.05, 3.63) is 54.5 Å². The van der Waals surface area contributed by atoms with E-state index in [1.807, 2.05) is 0 Å². The maximum atomic E-state index is 13.6. The van der Waals surface area contributed by atoms with Crippen LogP contribution in [0.25, 0.3) is 10.8 Å². The number of carbonyl (C=O) groups excluding carboxylic acids is 2. The number of aryl methyl sites for hydroxylation is 1. The van der Waals surface area contributed by atoms with Crippen molar-refractivity contribution in [2.24, 2.45) is 7.05 Å². The first-order valence-electron chi connectivity index (χ1n) is 10.4. The van der Waals surface area contributed by atoms with E-state index in [1.54, 1.807) is 48.0 Å². The molecule has 3 atom stereocenters. The van der Waals surface area contributed by atoms with Crippen LogP contribution in [-0.2, 0) is 21.9 Å². The predicted molar refractivity (Wildman–Crippen MR) is 116 cm³/mol. The maximum Gasteiger partial charge on any atom is 0.332 e. The van der Waals surface area contributed by atoms with Gasteiger partial charge < -0.3 is 9.47 Å². The highest BCUT2D eigenvalue weighted by atomic mass is 32.2. The molecule has 3 saturated heterocycles. The number of nitriles is 1. The lowest BCUT2D eigenvalue weighted by atomic mass is 10.0. The molecule has 1 aromatic heterocycles. The van der Waals surface area contributed by atoms with Crippen molar-refractivity contribution in [3.63, 3.8) is 0 Å². The fourth-order valence-corrected chi connectivity index (χ4v) is 6.98. The first-order valence-corrected chi connectivity index (χ1v) is 11.8. The monoisotopic (exact) mass is 462 g/mol. The Morgan fingerprint density at radius 2 is 1.88 bits per heavy atom. The van der Waals surface area contributed by atoms with Crippen molar-refractivity contribution in [2.45, 2.75) is 29.6 Å². The van der Waals surface area contributed by atoms with Gasteiger partial charge in [-0.15, -0.1) is 0 Å². The first kappa shape index (κ1) is 19.9. The van der Waals surface area contributed by atoms with Crippen LogP contribution in [0.5, 0.6) is 0 Å². The minimum atomic E-state index is -3.90. The normalized spacial score (nSPS) is 24.7. The Bertz CT molecular complexity index is 1510. The Labute approximate surface area is 189 Å². The number of benzene rings is 2. The Hall–Kier alpha value is -3.75. The number of imidazole rings is 1. The van der Waals surface area contributed by atoms with E-state index >= 15 is 0 Å². The summed E-state index contributed by atoms with van der Waals surface area (Å²) in [6, 6.07) is 10.1. The molecule has 3 unspecified atom stereocenters. The van der Waals surface area contributed by atoms with Crippen LogP contribution in [0.3, 0.4) is 0 Å². The largest absolute Gasteiger partial charge is 0.339 e. The summed E-state index contributed by atoms with van der Waals surface area (Å²) in [6.45, 7) is 0.126. The quantitative estimate of drug-likeness (QED) is 0.543. The third-order valence-corrected chi connectivity index (χ3v) is 8.51. The summed E-state index contributed by atoms with van der Waals surface area (Å²) in [5.74, 6) is -0.455. The maximum absolute atomic E-state index is 13.6. The number of piperazine rings is 1. The topological polar surface area (TPSA) is 120 Å². The molecular weight excluding hydrogens is 444 g/mol.